The van der Waals surface area contributed by atoms with Gasteiger partial charge in [-0.1, -0.05) is 41.9 Å². The first kappa shape index (κ1) is 31.1. The van der Waals surface area contributed by atoms with E-state index in [9.17, 15) is 19.2 Å². The molecule has 0 bridgehead atoms. The fraction of sp³-hybridized carbons (Fsp3) is 0.250. The molecule has 3 N–H and O–H groups in total. The molecule has 2 aromatic heterocycles. The summed E-state index contributed by atoms with van der Waals surface area (Å²) in [6, 6.07) is 17.5. The van der Waals surface area contributed by atoms with Crippen molar-refractivity contribution in [2.75, 3.05) is 18.6 Å². The van der Waals surface area contributed by atoms with Gasteiger partial charge >= 0.3 is 0 Å². The molecule has 0 saturated heterocycles. The summed E-state index contributed by atoms with van der Waals surface area (Å²) in [4.78, 5) is 50.8. The van der Waals surface area contributed by atoms with Crippen molar-refractivity contribution in [3.8, 4) is 5.75 Å². The number of nitrogens with one attached hydrogen (secondary N) is 3. The number of amides is 2. The van der Waals surface area contributed by atoms with Crippen molar-refractivity contribution in [2.24, 2.45) is 7.05 Å². The SMILES string of the molecule is CCNC(=O)COc1ccc(Cl)cc1CNC(=O)Cc1c(C)ccn(NCc2cc(C(=O)c3ccccc3)cn2C)c1=O. The molecule has 2 heterocycles. The molecule has 10 nitrogen and oxygen atoms in total. The Balaban J connectivity index is 1.40. The molecule has 43 heavy (non-hydrogen) atoms. The first-order valence-electron chi connectivity index (χ1n) is 13.8. The van der Waals surface area contributed by atoms with Gasteiger partial charge < -0.3 is 25.4 Å². The molecular weight excluding hydrogens is 570 g/mol. The number of halogens is 1. The van der Waals surface area contributed by atoms with Gasteiger partial charge in [0, 0.05) is 65.5 Å². The molecule has 0 saturated carbocycles. The molecule has 4 rings (SSSR count). The lowest BCUT2D eigenvalue weighted by atomic mass is 10.1. The van der Waals surface area contributed by atoms with Crippen LogP contribution in [0.1, 0.15) is 45.2 Å². The monoisotopic (exact) mass is 603 g/mol. The number of hydrogen-bond donors (Lipinski definition) is 3. The highest BCUT2D eigenvalue weighted by Gasteiger charge is 2.16. The van der Waals surface area contributed by atoms with Crippen molar-refractivity contribution >= 4 is 29.2 Å². The highest BCUT2D eigenvalue weighted by molar-refractivity contribution is 6.30. The number of ether oxygens (including phenoxy) is 1. The number of rotatable bonds is 13. The van der Waals surface area contributed by atoms with Gasteiger partial charge in [-0.05, 0) is 49.7 Å². The van der Waals surface area contributed by atoms with Crippen LogP contribution in [0.25, 0.3) is 0 Å². The zero-order valence-electron chi connectivity index (χ0n) is 24.3. The van der Waals surface area contributed by atoms with E-state index < -0.39 is 0 Å². The van der Waals surface area contributed by atoms with E-state index in [0.717, 1.165) is 5.69 Å². The normalized spacial score (nSPS) is 10.7. The average molecular weight is 604 g/mol. The largest absolute Gasteiger partial charge is 0.483 e. The van der Waals surface area contributed by atoms with Gasteiger partial charge in [-0.25, -0.2) is 4.68 Å². The average Bonchev–Trinajstić information content (AvgIpc) is 3.37. The second-order valence-electron chi connectivity index (χ2n) is 9.96. The first-order chi connectivity index (χ1) is 20.7. The van der Waals surface area contributed by atoms with Crippen LogP contribution in [-0.2, 0) is 36.1 Å². The Morgan fingerprint density at radius 1 is 0.930 bits per heavy atom. The molecule has 4 aromatic rings. The molecule has 2 amide bonds. The van der Waals surface area contributed by atoms with Gasteiger partial charge in [0.1, 0.15) is 5.75 Å². The molecule has 0 aliphatic rings. The molecule has 11 heteroatoms. The Hall–Kier alpha value is -4.83. The maximum atomic E-state index is 13.3. The number of aromatic nitrogens is 2. The fourth-order valence-corrected chi connectivity index (χ4v) is 4.67. The van der Waals surface area contributed by atoms with Crippen molar-refractivity contribution in [3.05, 3.63) is 122 Å². The van der Waals surface area contributed by atoms with E-state index in [1.54, 1.807) is 61.8 Å². The predicted octanol–water partition coefficient (Wildman–Crippen LogP) is 3.50. The highest BCUT2D eigenvalue weighted by Crippen LogP contribution is 2.23. The number of pyridine rings is 1. The third kappa shape index (κ3) is 8.14. The Labute approximate surface area is 254 Å². The highest BCUT2D eigenvalue weighted by atomic mass is 35.5. The van der Waals surface area contributed by atoms with Crippen LogP contribution in [0.3, 0.4) is 0 Å². The van der Waals surface area contributed by atoms with Crippen molar-refractivity contribution in [2.45, 2.75) is 33.4 Å². The fourth-order valence-electron chi connectivity index (χ4n) is 4.48. The lowest BCUT2D eigenvalue weighted by Crippen LogP contribution is -2.34. The van der Waals surface area contributed by atoms with Crippen LogP contribution >= 0.6 is 11.6 Å². The summed E-state index contributed by atoms with van der Waals surface area (Å²) in [7, 11) is 1.84. The minimum Gasteiger partial charge on any atom is -0.483 e. The zero-order valence-corrected chi connectivity index (χ0v) is 25.0. The smallest absolute Gasteiger partial charge is 0.272 e. The van der Waals surface area contributed by atoms with E-state index in [1.807, 2.05) is 36.7 Å². The Bertz CT molecular complexity index is 1680. The number of benzene rings is 2. The summed E-state index contributed by atoms with van der Waals surface area (Å²) < 4.78 is 8.79. The molecular formula is C32H34ClN5O5. The van der Waals surface area contributed by atoms with Crippen LogP contribution < -0.4 is 26.4 Å². The third-order valence-corrected chi connectivity index (χ3v) is 7.07. The van der Waals surface area contributed by atoms with Crippen LogP contribution in [0.15, 0.2) is 77.9 Å². The molecule has 0 aliphatic carbocycles. The minimum absolute atomic E-state index is 0.0818. The van der Waals surface area contributed by atoms with Crippen LogP contribution in [0.2, 0.25) is 5.02 Å². The Morgan fingerprint density at radius 3 is 2.44 bits per heavy atom. The minimum atomic E-state index is -0.362. The number of hydrogen-bond acceptors (Lipinski definition) is 6. The number of aryl methyl sites for hydroxylation is 2. The molecule has 0 spiro atoms. The molecule has 0 aliphatic heterocycles. The summed E-state index contributed by atoms with van der Waals surface area (Å²) >= 11 is 6.15. The topological polar surface area (TPSA) is 123 Å². The lowest BCUT2D eigenvalue weighted by Gasteiger charge is -2.14. The van der Waals surface area contributed by atoms with E-state index in [4.69, 9.17) is 16.3 Å². The van der Waals surface area contributed by atoms with E-state index >= 15 is 0 Å². The van der Waals surface area contributed by atoms with Crippen LogP contribution in [0, 0.1) is 6.92 Å². The number of likely N-dealkylation sites (N-methyl/N-ethyl adjacent to an activating group) is 1. The van der Waals surface area contributed by atoms with E-state index in [1.165, 1.54) is 4.68 Å². The third-order valence-electron chi connectivity index (χ3n) is 6.83. The van der Waals surface area contributed by atoms with E-state index in [0.29, 0.717) is 45.1 Å². The lowest BCUT2D eigenvalue weighted by molar-refractivity contribution is -0.123. The van der Waals surface area contributed by atoms with Crippen LogP contribution in [0.5, 0.6) is 5.75 Å². The summed E-state index contributed by atoms with van der Waals surface area (Å²) in [5.74, 6) is -0.279. The Morgan fingerprint density at radius 2 is 1.70 bits per heavy atom. The molecule has 0 atom stereocenters. The van der Waals surface area contributed by atoms with Crippen LogP contribution in [0.4, 0.5) is 0 Å². The maximum absolute atomic E-state index is 13.3. The number of carbonyl (C=O) groups is 3. The number of carbonyl (C=O) groups excluding carboxylic acids is 3. The summed E-state index contributed by atoms with van der Waals surface area (Å²) in [5, 5.41) is 5.93. The maximum Gasteiger partial charge on any atom is 0.272 e. The van der Waals surface area contributed by atoms with Crippen molar-refractivity contribution in [1.29, 1.82) is 0 Å². The number of ketones is 1. The van der Waals surface area contributed by atoms with Crippen molar-refractivity contribution in [1.82, 2.24) is 19.9 Å². The molecule has 0 radical (unpaired) electrons. The molecule has 224 valence electrons. The predicted molar refractivity (Wildman–Crippen MR) is 165 cm³/mol. The first-order valence-corrected chi connectivity index (χ1v) is 14.2. The second-order valence-corrected chi connectivity index (χ2v) is 10.4. The van der Waals surface area contributed by atoms with E-state index in [2.05, 4.69) is 16.1 Å². The quantitative estimate of drug-likeness (QED) is 0.201. The van der Waals surface area contributed by atoms with Gasteiger partial charge in [0.05, 0.1) is 13.0 Å². The standard InChI is InChI=1S/C32H34ClN5O5/c1-4-34-30(40)20-43-28-11-10-25(33)14-23(28)17-35-29(39)16-27-21(2)12-13-38(32(27)42)36-18-26-15-24(19-37(26)3)31(41)22-8-6-5-7-9-22/h5-15,19,36H,4,16-18,20H2,1-3H3,(H,34,40)(H,35,39). The van der Waals surface area contributed by atoms with Gasteiger partial charge in [-0.3, -0.25) is 19.2 Å². The zero-order chi connectivity index (χ0) is 30.9. The van der Waals surface area contributed by atoms with Gasteiger partial charge in [0.25, 0.3) is 11.5 Å². The van der Waals surface area contributed by atoms with Gasteiger partial charge in [0.2, 0.25) is 5.91 Å². The van der Waals surface area contributed by atoms with Gasteiger partial charge in [-0.2, -0.15) is 0 Å². The van der Waals surface area contributed by atoms with Gasteiger partial charge in [0.15, 0.2) is 12.4 Å². The number of nitrogens with zero attached hydrogens (tertiary/aromatic N) is 2. The molecule has 0 unspecified atom stereocenters. The second kappa shape index (κ2) is 14.4. The van der Waals surface area contributed by atoms with Crippen molar-refractivity contribution < 1.29 is 19.1 Å². The summed E-state index contributed by atoms with van der Waals surface area (Å²) in [5.41, 5.74) is 6.32. The summed E-state index contributed by atoms with van der Waals surface area (Å²) in [6.45, 7) is 4.29. The van der Waals surface area contributed by atoms with Crippen LogP contribution in [-0.4, -0.2) is 40.0 Å². The van der Waals surface area contributed by atoms with E-state index in [-0.39, 0.29) is 49.3 Å². The van der Waals surface area contributed by atoms with Crippen molar-refractivity contribution in [3.63, 3.8) is 0 Å². The Kier molecular flexibility index (Phi) is 10.4. The summed E-state index contributed by atoms with van der Waals surface area (Å²) in [6.07, 6.45) is 3.24. The molecule has 2 aromatic carbocycles. The molecule has 0 fully saturated rings. The van der Waals surface area contributed by atoms with Gasteiger partial charge in [-0.15, -0.1) is 0 Å².